The molecule has 0 aromatic heterocycles. The number of rotatable bonds is 6. The van der Waals surface area contributed by atoms with Gasteiger partial charge >= 0.3 is 0 Å². The van der Waals surface area contributed by atoms with Gasteiger partial charge in [-0.15, -0.1) is 0 Å². The van der Waals surface area contributed by atoms with Gasteiger partial charge in [-0.05, 0) is 32.4 Å². The largest absolute Gasteiger partial charge is 0.387 e. The van der Waals surface area contributed by atoms with Crippen LogP contribution in [-0.4, -0.2) is 32.7 Å². The van der Waals surface area contributed by atoms with Gasteiger partial charge in [-0.25, -0.2) is 0 Å². The second kappa shape index (κ2) is 7.01. The topological polar surface area (TPSA) is 50.4 Å². The molecule has 4 heteroatoms. The second-order valence-corrected chi connectivity index (χ2v) is 4.46. The van der Waals surface area contributed by atoms with Crippen molar-refractivity contribution < 1.29 is 9.53 Å². The predicted molar refractivity (Wildman–Crippen MR) is 74.1 cm³/mol. The molecule has 0 aliphatic carbocycles. The molecule has 18 heavy (non-hydrogen) atoms. The number of anilines is 1. The highest BCUT2D eigenvalue weighted by molar-refractivity contribution is 5.99. The van der Waals surface area contributed by atoms with Gasteiger partial charge in [-0.1, -0.05) is 11.6 Å². The Labute approximate surface area is 109 Å². The van der Waals surface area contributed by atoms with Crippen molar-refractivity contribution in [2.75, 3.05) is 26.1 Å². The van der Waals surface area contributed by atoms with Gasteiger partial charge in [0, 0.05) is 32.5 Å². The van der Waals surface area contributed by atoms with Crippen LogP contribution in [0.25, 0.3) is 0 Å². The van der Waals surface area contributed by atoms with Gasteiger partial charge in [0.05, 0.1) is 5.56 Å². The molecule has 0 aliphatic rings. The van der Waals surface area contributed by atoms with Crippen molar-refractivity contribution in [3.05, 3.63) is 29.3 Å². The Morgan fingerprint density at radius 2 is 2.17 bits per heavy atom. The maximum atomic E-state index is 12.2. The van der Waals surface area contributed by atoms with Gasteiger partial charge in [0.25, 0.3) is 5.91 Å². The summed E-state index contributed by atoms with van der Waals surface area (Å²) in [5, 5.41) is 6.01. The van der Waals surface area contributed by atoms with Gasteiger partial charge < -0.3 is 15.4 Å². The molecule has 4 nitrogen and oxygen atoms in total. The average Bonchev–Trinajstić information content (AvgIpc) is 2.36. The minimum atomic E-state index is -0.0494. The zero-order valence-corrected chi connectivity index (χ0v) is 11.5. The molecule has 1 aromatic carbocycles. The fraction of sp³-hybridized carbons (Fsp3) is 0.500. The summed E-state index contributed by atoms with van der Waals surface area (Å²) in [4.78, 5) is 12.2. The molecule has 1 unspecified atom stereocenters. The second-order valence-electron chi connectivity index (χ2n) is 4.46. The first-order valence-electron chi connectivity index (χ1n) is 6.16. The lowest BCUT2D eigenvalue weighted by molar-refractivity contribution is 0.0930. The number of methoxy groups -OCH3 is 1. The Kier molecular flexibility index (Phi) is 5.65. The van der Waals surface area contributed by atoms with Crippen LogP contribution in [-0.2, 0) is 4.74 Å². The van der Waals surface area contributed by atoms with E-state index in [0.717, 1.165) is 17.7 Å². The van der Waals surface area contributed by atoms with Crippen LogP contribution in [0.5, 0.6) is 0 Å². The van der Waals surface area contributed by atoms with E-state index in [1.165, 1.54) is 0 Å². The van der Waals surface area contributed by atoms with E-state index in [1.807, 2.05) is 39.1 Å². The zero-order valence-electron chi connectivity index (χ0n) is 11.5. The van der Waals surface area contributed by atoms with E-state index in [1.54, 1.807) is 7.11 Å². The summed E-state index contributed by atoms with van der Waals surface area (Å²) in [7, 11) is 3.48. The van der Waals surface area contributed by atoms with E-state index >= 15 is 0 Å². The lowest BCUT2D eigenvalue weighted by Crippen LogP contribution is -2.33. The molecule has 1 amide bonds. The number of hydrogen-bond acceptors (Lipinski definition) is 3. The van der Waals surface area contributed by atoms with Crippen molar-refractivity contribution in [3.8, 4) is 0 Å². The smallest absolute Gasteiger partial charge is 0.253 e. The van der Waals surface area contributed by atoms with E-state index in [-0.39, 0.29) is 11.9 Å². The molecule has 0 fully saturated rings. The van der Waals surface area contributed by atoms with Crippen molar-refractivity contribution in [2.45, 2.75) is 26.3 Å². The summed E-state index contributed by atoms with van der Waals surface area (Å²) in [6, 6.07) is 5.90. The first-order chi connectivity index (χ1) is 8.58. The maximum Gasteiger partial charge on any atom is 0.253 e. The van der Waals surface area contributed by atoms with Crippen LogP contribution in [0.2, 0.25) is 0 Å². The zero-order chi connectivity index (χ0) is 13.5. The average molecular weight is 250 g/mol. The highest BCUT2D eigenvalue weighted by atomic mass is 16.5. The van der Waals surface area contributed by atoms with Gasteiger partial charge in [0.1, 0.15) is 0 Å². The fourth-order valence-electron chi connectivity index (χ4n) is 1.73. The van der Waals surface area contributed by atoms with E-state index in [4.69, 9.17) is 4.74 Å². The predicted octanol–water partition coefficient (Wildman–Crippen LogP) is 2.19. The lowest BCUT2D eigenvalue weighted by Gasteiger charge is -2.15. The Balaban J connectivity index is 2.74. The van der Waals surface area contributed by atoms with E-state index in [9.17, 15) is 4.79 Å². The molecule has 1 aromatic rings. The highest BCUT2D eigenvalue weighted by Gasteiger charge is 2.13. The van der Waals surface area contributed by atoms with E-state index in [2.05, 4.69) is 10.6 Å². The Bertz CT molecular complexity index is 405. The van der Waals surface area contributed by atoms with Crippen molar-refractivity contribution >= 4 is 11.6 Å². The molecule has 0 spiro atoms. The molecule has 0 aliphatic heterocycles. The molecular formula is C14H22N2O2. The standard InChI is InChI=1S/C14H22N2O2/c1-10-5-6-13(15-3)12(9-10)14(17)16-11(2)7-8-18-4/h5-6,9,11,15H,7-8H2,1-4H3,(H,16,17). The van der Waals surface area contributed by atoms with Crippen LogP contribution >= 0.6 is 0 Å². The molecule has 1 rings (SSSR count). The summed E-state index contributed by atoms with van der Waals surface area (Å²) in [5.74, 6) is -0.0494. The monoisotopic (exact) mass is 250 g/mol. The number of benzene rings is 1. The van der Waals surface area contributed by atoms with Crippen molar-refractivity contribution in [3.63, 3.8) is 0 Å². The Morgan fingerprint density at radius 3 is 2.78 bits per heavy atom. The van der Waals surface area contributed by atoms with Crippen LogP contribution in [0.3, 0.4) is 0 Å². The number of amides is 1. The number of hydrogen-bond donors (Lipinski definition) is 2. The van der Waals surface area contributed by atoms with Gasteiger partial charge in [-0.3, -0.25) is 4.79 Å². The molecular weight excluding hydrogens is 228 g/mol. The van der Waals surface area contributed by atoms with Crippen molar-refractivity contribution in [2.24, 2.45) is 0 Å². The number of aryl methyl sites for hydroxylation is 1. The SMILES string of the molecule is CNc1ccc(C)cc1C(=O)NC(C)CCOC. The summed E-state index contributed by atoms with van der Waals surface area (Å²) >= 11 is 0. The molecule has 0 radical (unpaired) electrons. The third kappa shape index (κ3) is 4.04. The summed E-state index contributed by atoms with van der Waals surface area (Å²) in [5.41, 5.74) is 2.60. The molecule has 0 heterocycles. The quantitative estimate of drug-likeness (QED) is 0.813. The number of nitrogens with one attached hydrogen (secondary N) is 2. The third-order valence-electron chi connectivity index (χ3n) is 2.82. The van der Waals surface area contributed by atoms with Crippen LogP contribution in [0.1, 0.15) is 29.3 Å². The van der Waals surface area contributed by atoms with E-state index in [0.29, 0.717) is 12.2 Å². The normalized spacial score (nSPS) is 12.0. The summed E-state index contributed by atoms with van der Waals surface area (Å²) in [6.45, 7) is 4.60. The lowest BCUT2D eigenvalue weighted by atomic mass is 10.1. The Hall–Kier alpha value is -1.55. The minimum absolute atomic E-state index is 0.0494. The first kappa shape index (κ1) is 14.5. The van der Waals surface area contributed by atoms with Crippen LogP contribution < -0.4 is 10.6 Å². The molecule has 2 N–H and O–H groups in total. The molecule has 1 atom stereocenters. The molecule has 100 valence electrons. The minimum Gasteiger partial charge on any atom is -0.387 e. The Morgan fingerprint density at radius 1 is 1.44 bits per heavy atom. The van der Waals surface area contributed by atoms with Gasteiger partial charge in [0.2, 0.25) is 0 Å². The third-order valence-corrected chi connectivity index (χ3v) is 2.82. The maximum absolute atomic E-state index is 12.2. The highest BCUT2D eigenvalue weighted by Crippen LogP contribution is 2.16. The first-order valence-corrected chi connectivity index (χ1v) is 6.16. The van der Waals surface area contributed by atoms with Gasteiger partial charge in [-0.2, -0.15) is 0 Å². The van der Waals surface area contributed by atoms with Gasteiger partial charge in [0.15, 0.2) is 0 Å². The van der Waals surface area contributed by atoms with Crippen LogP contribution in [0.4, 0.5) is 5.69 Å². The van der Waals surface area contributed by atoms with E-state index < -0.39 is 0 Å². The van der Waals surface area contributed by atoms with Crippen molar-refractivity contribution in [1.82, 2.24) is 5.32 Å². The number of carbonyl (C=O) groups excluding carboxylic acids is 1. The fourth-order valence-corrected chi connectivity index (χ4v) is 1.73. The van der Waals surface area contributed by atoms with Crippen molar-refractivity contribution in [1.29, 1.82) is 0 Å². The van der Waals surface area contributed by atoms with Crippen LogP contribution in [0, 0.1) is 6.92 Å². The van der Waals surface area contributed by atoms with Crippen LogP contribution in [0.15, 0.2) is 18.2 Å². The molecule has 0 saturated heterocycles. The molecule has 0 bridgehead atoms. The molecule has 0 saturated carbocycles. The summed E-state index contributed by atoms with van der Waals surface area (Å²) in [6.07, 6.45) is 0.808. The number of carbonyl (C=O) groups is 1. The number of ether oxygens (including phenoxy) is 1. The summed E-state index contributed by atoms with van der Waals surface area (Å²) < 4.78 is 5.00.